The van der Waals surface area contributed by atoms with Gasteiger partial charge in [0.25, 0.3) is 6.47 Å². The summed E-state index contributed by atoms with van der Waals surface area (Å²) < 4.78 is 49.6. The molecule has 2 atom stereocenters. The van der Waals surface area contributed by atoms with Crippen molar-refractivity contribution in [2.75, 3.05) is 33.9 Å². The first-order chi connectivity index (χ1) is 18.8. The number of likely N-dealkylation sites (N-methyl/N-ethyl adjacent to an activating group) is 1. The summed E-state index contributed by atoms with van der Waals surface area (Å²) in [5.41, 5.74) is 2.74. The smallest absolute Gasteiger partial charge is 0.318 e. The number of benzene rings is 1. The highest BCUT2D eigenvalue weighted by Gasteiger charge is 2.26. The van der Waals surface area contributed by atoms with Crippen LogP contribution in [0.4, 0.5) is 18.0 Å². The number of hydrogen-bond acceptors (Lipinski definition) is 5. The van der Waals surface area contributed by atoms with Crippen LogP contribution in [0.2, 0.25) is 0 Å². The van der Waals surface area contributed by atoms with E-state index in [-0.39, 0.29) is 31.0 Å². The molecule has 0 bridgehead atoms. The highest BCUT2D eigenvalue weighted by molar-refractivity contribution is 5.75. The summed E-state index contributed by atoms with van der Waals surface area (Å²) in [4.78, 5) is 24.1. The lowest BCUT2D eigenvalue weighted by Gasteiger charge is -2.29. The Morgan fingerprint density at radius 3 is 2.59 bits per heavy atom. The molecule has 1 aromatic rings. The highest BCUT2D eigenvalue weighted by Crippen LogP contribution is 2.26. The Bertz CT molecular complexity index is 1040. The Morgan fingerprint density at radius 2 is 2.00 bits per heavy atom. The Kier molecular flexibility index (Phi) is 14.0. The molecule has 0 aromatic heterocycles. The molecule has 1 saturated carbocycles. The minimum absolute atomic E-state index is 0.0162. The van der Waals surface area contributed by atoms with Gasteiger partial charge in [-0.2, -0.15) is 0 Å². The standard InChI is InChI=1S/C15H19F2N3O3.C14H19FO/c1-20(15(22)19-11-4-5-18-7-11)14(8-23-9-21)10-2-3-12(16)13(17)6-10;1-3-7-13(15)11-14(16-2)10-12-8-5-4-6-9-12/h2-3,6,9,11,14,18H,4-5,7-8H2,1H3,(H,19,22);7,10-12H,1,4-6,8-9H2,2H3/b;13-11+,14-10-. The van der Waals surface area contributed by atoms with E-state index in [1.54, 1.807) is 7.11 Å². The zero-order valence-corrected chi connectivity index (χ0v) is 22.6. The zero-order chi connectivity index (χ0) is 28.6. The molecule has 1 aromatic carbocycles. The second kappa shape index (κ2) is 17.2. The van der Waals surface area contributed by atoms with Gasteiger partial charge in [0.1, 0.15) is 18.2 Å². The van der Waals surface area contributed by atoms with Gasteiger partial charge in [0.15, 0.2) is 11.6 Å². The molecule has 1 aliphatic carbocycles. The number of carbonyl (C=O) groups excluding carboxylic acids is 2. The molecule has 7 nitrogen and oxygen atoms in total. The van der Waals surface area contributed by atoms with Gasteiger partial charge in [0.05, 0.1) is 13.2 Å². The first kappa shape index (κ1) is 31.7. The van der Waals surface area contributed by atoms with Gasteiger partial charge in [-0.3, -0.25) is 4.79 Å². The zero-order valence-electron chi connectivity index (χ0n) is 22.6. The molecule has 1 aliphatic heterocycles. The van der Waals surface area contributed by atoms with Gasteiger partial charge in [-0.25, -0.2) is 18.0 Å². The normalized spacial score (nSPS) is 18.6. The number of carbonyl (C=O) groups is 2. The molecule has 10 heteroatoms. The van der Waals surface area contributed by atoms with Crippen molar-refractivity contribution in [2.45, 2.75) is 50.6 Å². The van der Waals surface area contributed by atoms with Crippen molar-refractivity contribution >= 4 is 12.5 Å². The van der Waals surface area contributed by atoms with Crippen molar-refractivity contribution in [1.29, 1.82) is 0 Å². The molecule has 0 spiro atoms. The van der Waals surface area contributed by atoms with E-state index >= 15 is 0 Å². The van der Waals surface area contributed by atoms with Crippen molar-refractivity contribution in [2.24, 2.45) is 5.92 Å². The van der Waals surface area contributed by atoms with Gasteiger partial charge in [0.2, 0.25) is 0 Å². The monoisotopic (exact) mass is 549 g/mol. The fourth-order valence-corrected chi connectivity index (χ4v) is 4.46. The number of ether oxygens (including phenoxy) is 2. The summed E-state index contributed by atoms with van der Waals surface area (Å²) >= 11 is 0. The average molecular weight is 550 g/mol. The topological polar surface area (TPSA) is 79.9 Å². The number of halogens is 3. The van der Waals surface area contributed by atoms with E-state index in [1.165, 1.54) is 62.3 Å². The van der Waals surface area contributed by atoms with Crippen molar-refractivity contribution < 1.29 is 32.2 Å². The van der Waals surface area contributed by atoms with Gasteiger partial charge in [-0.15, -0.1) is 5.73 Å². The third-order valence-electron chi connectivity index (χ3n) is 6.63. The summed E-state index contributed by atoms with van der Waals surface area (Å²) in [5.74, 6) is -1.25. The number of nitrogens with zero attached hydrogens (tertiary/aromatic N) is 1. The van der Waals surface area contributed by atoms with Crippen molar-refractivity contribution in [3.05, 3.63) is 77.5 Å². The lowest BCUT2D eigenvalue weighted by Crippen LogP contribution is -2.46. The molecule has 2 amide bonds. The quantitative estimate of drug-likeness (QED) is 0.175. The fourth-order valence-electron chi connectivity index (χ4n) is 4.46. The van der Waals surface area contributed by atoms with Crippen LogP contribution in [0.1, 0.15) is 50.1 Å². The summed E-state index contributed by atoms with van der Waals surface area (Å²) in [5, 5.41) is 5.97. The predicted molar refractivity (Wildman–Crippen MR) is 143 cm³/mol. The second-order valence-electron chi connectivity index (χ2n) is 9.42. The van der Waals surface area contributed by atoms with Crippen LogP contribution in [-0.2, 0) is 14.3 Å². The van der Waals surface area contributed by atoms with Crippen LogP contribution in [0.25, 0.3) is 0 Å². The molecular weight excluding hydrogens is 511 g/mol. The molecule has 2 unspecified atom stereocenters. The largest absolute Gasteiger partial charge is 0.497 e. The predicted octanol–water partition coefficient (Wildman–Crippen LogP) is 5.47. The SMILES string of the molecule is C=C=C/C(F)=C\C(=C\C1CCCCC1)OC.CN(C(=O)NC1CCNC1)C(COC=O)c1ccc(F)c(F)c1. The Labute approximate surface area is 228 Å². The van der Waals surface area contributed by atoms with E-state index in [1.807, 2.05) is 6.08 Å². The maximum Gasteiger partial charge on any atom is 0.318 e. The number of nitrogens with one attached hydrogen (secondary N) is 2. The van der Waals surface area contributed by atoms with Crippen LogP contribution < -0.4 is 10.6 Å². The van der Waals surface area contributed by atoms with Gasteiger partial charge in [0, 0.05) is 31.8 Å². The Balaban J connectivity index is 0.000000293. The highest BCUT2D eigenvalue weighted by atomic mass is 19.2. The van der Waals surface area contributed by atoms with Crippen LogP contribution in [0.5, 0.6) is 0 Å². The van der Waals surface area contributed by atoms with Gasteiger partial charge in [-0.1, -0.05) is 31.9 Å². The molecule has 39 heavy (non-hydrogen) atoms. The lowest BCUT2D eigenvalue weighted by atomic mass is 9.89. The maximum absolute atomic E-state index is 13.4. The van der Waals surface area contributed by atoms with Gasteiger partial charge >= 0.3 is 6.03 Å². The number of allylic oxidation sites excluding steroid dienone is 4. The first-order valence-electron chi connectivity index (χ1n) is 13.0. The third kappa shape index (κ3) is 11.0. The molecular formula is C29H38F3N3O4. The number of rotatable bonds is 10. The average Bonchev–Trinajstić information content (AvgIpc) is 3.44. The minimum atomic E-state index is -1.02. The van der Waals surface area contributed by atoms with E-state index in [9.17, 15) is 22.8 Å². The number of urea groups is 1. The number of methoxy groups -OCH3 is 1. The van der Waals surface area contributed by atoms with E-state index in [0.717, 1.165) is 25.1 Å². The van der Waals surface area contributed by atoms with Crippen LogP contribution in [0.3, 0.4) is 0 Å². The van der Waals surface area contributed by atoms with Crippen molar-refractivity contribution in [3.8, 4) is 0 Å². The van der Waals surface area contributed by atoms with Crippen molar-refractivity contribution in [3.63, 3.8) is 0 Å². The summed E-state index contributed by atoms with van der Waals surface area (Å²) in [6.45, 7) is 4.94. The number of hydrogen-bond donors (Lipinski definition) is 2. The van der Waals surface area contributed by atoms with E-state index < -0.39 is 17.7 Å². The van der Waals surface area contributed by atoms with Gasteiger partial charge in [-0.05, 0) is 55.5 Å². The number of amides is 2. The van der Waals surface area contributed by atoms with E-state index in [0.29, 0.717) is 23.8 Å². The molecule has 3 rings (SSSR count). The maximum atomic E-state index is 13.4. The summed E-state index contributed by atoms with van der Waals surface area (Å²) in [6, 6.07) is 2.26. The molecule has 1 heterocycles. The minimum Gasteiger partial charge on any atom is -0.497 e. The summed E-state index contributed by atoms with van der Waals surface area (Å²) in [6.07, 6.45) is 11.6. The Hall–Kier alpha value is -3.49. The molecule has 2 fully saturated rings. The first-order valence-corrected chi connectivity index (χ1v) is 13.0. The lowest BCUT2D eigenvalue weighted by molar-refractivity contribution is -0.130. The molecule has 2 aliphatic rings. The fraction of sp³-hybridized carbons (Fsp3) is 0.483. The second-order valence-corrected chi connectivity index (χ2v) is 9.42. The van der Waals surface area contributed by atoms with Crippen LogP contribution in [-0.4, -0.2) is 57.3 Å². The van der Waals surface area contributed by atoms with E-state index in [4.69, 9.17) is 9.47 Å². The van der Waals surface area contributed by atoms with Crippen LogP contribution in [0, 0.1) is 17.6 Å². The van der Waals surface area contributed by atoms with E-state index in [2.05, 4.69) is 22.9 Å². The molecule has 2 N–H and O–H groups in total. The summed E-state index contributed by atoms with van der Waals surface area (Å²) in [7, 11) is 3.08. The Morgan fingerprint density at radius 1 is 1.26 bits per heavy atom. The molecule has 214 valence electrons. The van der Waals surface area contributed by atoms with Crippen molar-refractivity contribution in [1.82, 2.24) is 15.5 Å². The van der Waals surface area contributed by atoms with Gasteiger partial charge < -0.3 is 25.0 Å². The molecule has 0 radical (unpaired) electrons. The molecule has 1 saturated heterocycles. The van der Waals surface area contributed by atoms with Crippen LogP contribution >= 0.6 is 0 Å². The third-order valence-corrected chi connectivity index (χ3v) is 6.63. The van der Waals surface area contributed by atoms with Crippen LogP contribution in [0.15, 0.2) is 60.3 Å².